The molecular weight excluding hydrogens is 558 g/mol. The minimum Gasteiger partial charge on any atom is -0.480 e. The van der Waals surface area contributed by atoms with Crippen molar-refractivity contribution in [2.24, 2.45) is 5.73 Å². The van der Waals surface area contributed by atoms with Gasteiger partial charge >= 0.3 is 12.1 Å². The van der Waals surface area contributed by atoms with Crippen molar-refractivity contribution in [2.45, 2.75) is 36.2 Å². The number of rotatable bonds is 9. The maximum Gasteiger partial charge on any atom is 0.415 e. The molecule has 0 radical (unpaired) electrons. The van der Waals surface area contributed by atoms with Gasteiger partial charge in [0.2, 0.25) is 15.9 Å². The first kappa shape index (κ1) is 29.4. The molecule has 40 heavy (non-hydrogen) atoms. The number of carboxylic acids is 1. The van der Waals surface area contributed by atoms with Gasteiger partial charge in [-0.15, -0.1) is 0 Å². The minimum atomic E-state index is -4.05. The third-order valence-electron chi connectivity index (χ3n) is 6.73. The number of nitrogen functional groups attached to an aromatic ring is 1. The molecule has 0 spiro atoms. The molecule has 2 heterocycles. The number of aliphatic carboxylic acids is 1. The van der Waals surface area contributed by atoms with Crippen LogP contribution < -0.4 is 15.8 Å². The van der Waals surface area contributed by atoms with Crippen molar-refractivity contribution >= 4 is 45.6 Å². The Hall–Kier alpha value is -3.62. The fourth-order valence-electron chi connectivity index (χ4n) is 4.54. The van der Waals surface area contributed by atoms with E-state index in [0.29, 0.717) is 36.4 Å². The SMILES string of the molecule is N=C(N)c1ccc(S(=O)(=O)N2CCC[C@H]2C(=O)N[C@@H](Cc2ccc(OC(=O)N3CCSCC3)cc2)C(=O)O)cc1. The monoisotopic (exact) mass is 589 g/mol. The Bertz CT molecular complexity index is 1360. The van der Waals surface area contributed by atoms with Crippen LogP contribution in [-0.4, -0.2) is 89.8 Å². The van der Waals surface area contributed by atoms with Crippen molar-refractivity contribution in [1.29, 1.82) is 5.41 Å². The number of thioether (sulfide) groups is 1. The van der Waals surface area contributed by atoms with Crippen LogP contribution in [0.5, 0.6) is 5.75 Å². The molecule has 2 atom stereocenters. The maximum atomic E-state index is 13.3. The first-order chi connectivity index (χ1) is 19.1. The van der Waals surface area contributed by atoms with Crippen LogP contribution >= 0.6 is 11.8 Å². The highest BCUT2D eigenvalue weighted by Crippen LogP contribution is 2.27. The van der Waals surface area contributed by atoms with Crippen molar-refractivity contribution < 1.29 is 32.6 Å². The number of hydrogen-bond acceptors (Lipinski definition) is 8. The van der Waals surface area contributed by atoms with Crippen LogP contribution in [0.1, 0.15) is 24.0 Å². The number of amidine groups is 1. The van der Waals surface area contributed by atoms with Crippen LogP contribution in [0.4, 0.5) is 4.79 Å². The highest BCUT2D eigenvalue weighted by Gasteiger charge is 2.40. The van der Waals surface area contributed by atoms with Gasteiger partial charge in [0.05, 0.1) is 4.90 Å². The molecule has 2 aromatic rings. The third-order valence-corrected chi connectivity index (χ3v) is 9.60. The Kier molecular flexibility index (Phi) is 9.32. The van der Waals surface area contributed by atoms with E-state index in [-0.39, 0.29) is 30.1 Å². The van der Waals surface area contributed by atoms with E-state index in [2.05, 4.69) is 5.32 Å². The third kappa shape index (κ3) is 6.92. The summed E-state index contributed by atoms with van der Waals surface area (Å²) in [6.07, 6.45) is 0.204. The van der Waals surface area contributed by atoms with E-state index in [4.69, 9.17) is 15.9 Å². The van der Waals surface area contributed by atoms with Gasteiger partial charge in [0.15, 0.2) is 0 Å². The Labute approximate surface area is 236 Å². The summed E-state index contributed by atoms with van der Waals surface area (Å²) in [6.45, 7) is 1.35. The molecule has 2 aliphatic heterocycles. The molecule has 14 heteroatoms. The number of nitrogens with zero attached hydrogens (tertiary/aromatic N) is 2. The van der Waals surface area contributed by atoms with Gasteiger partial charge in [-0.1, -0.05) is 12.1 Å². The lowest BCUT2D eigenvalue weighted by Gasteiger charge is -2.25. The van der Waals surface area contributed by atoms with Crippen LogP contribution in [0.3, 0.4) is 0 Å². The number of ether oxygens (including phenoxy) is 1. The Morgan fingerprint density at radius 3 is 2.33 bits per heavy atom. The zero-order valence-corrected chi connectivity index (χ0v) is 23.2. The molecule has 0 saturated carbocycles. The van der Waals surface area contributed by atoms with Crippen LogP contribution in [0.25, 0.3) is 0 Å². The second kappa shape index (κ2) is 12.7. The van der Waals surface area contributed by atoms with E-state index in [1.165, 1.54) is 24.3 Å². The zero-order valence-electron chi connectivity index (χ0n) is 21.6. The molecule has 214 valence electrons. The van der Waals surface area contributed by atoms with Gasteiger partial charge in [0, 0.05) is 43.1 Å². The largest absolute Gasteiger partial charge is 0.480 e. The van der Waals surface area contributed by atoms with Gasteiger partial charge in [-0.05, 0) is 54.8 Å². The molecule has 2 saturated heterocycles. The Balaban J connectivity index is 1.39. The second-order valence-corrected chi connectivity index (χ2v) is 12.5. The number of nitrogens with two attached hydrogens (primary N) is 1. The molecule has 2 fully saturated rings. The molecule has 2 aromatic carbocycles. The molecule has 5 N–H and O–H groups in total. The summed E-state index contributed by atoms with van der Waals surface area (Å²) in [5.41, 5.74) is 6.39. The van der Waals surface area contributed by atoms with Crippen LogP contribution in [0.2, 0.25) is 0 Å². The van der Waals surface area contributed by atoms with Crippen LogP contribution in [0, 0.1) is 5.41 Å². The van der Waals surface area contributed by atoms with Crippen molar-refractivity contribution in [3.63, 3.8) is 0 Å². The number of amides is 2. The number of sulfonamides is 1. The van der Waals surface area contributed by atoms with Gasteiger partial charge in [0.1, 0.15) is 23.7 Å². The molecule has 2 amide bonds. The van der Waals surface area contributed by atoms with Gasteiger partial charge in [-0.2, -0.15) is 16.1 Å². The van der Waals surface area contributed by atoms with E-state index < -0.39 is 40.1 Å². The summed E-state index contributed by atoms with van der Waals surface area (Å²) < 4.78 is 33.0. The van der Waals surface area contributed by atoms with Gasteiger partial charge in [-0.25, -0.2) is 18.0 Å². The summed E-state index contributed by atoms with van der Waals surface area (Å²) in [7, 11) is -4.05. The first-order valence-electron chi connectivity index (χ1n) is 12.7. The highest BCUT2D eigenvalue weighted by molar-refractivity contribution is 7.99. The number of benzene rings is 2. The molecule has 4 rings (SSSR count). The number of nitrogens with one attached hydrogen (secondary N) is 2. The minimum absolute atomic E-state index is 0.0491. The second-order valence-electron chi connectivity index (χ2n) is 9.43. The summed E-state index contributed by atoms with van der Waals surface area (Å²) >= 11 is 1.78. The predicted molar refractivity (Wildman–Crippen MR) is 149 cm³/mol. The van der Waals surface area contributed by atoms with Gasteiger partial charge in [0.25, 0.3) is 0 Å². The van der Waals surface area contributed by atoms with E-state index in [9.17, 15) is 27.9 Å². The quantitative estimate of drug-likeness (QED) is 0.249. The van der Waals surface area contributed by atoms with E-state index in [1.807, 2.05) is 0 Å². The fourth-order valence-corrected chi connectivity index (χ4v) is 7.10. The van der Waals surface area contributed by atoms with Crippen molar-refractivity contribution in [2.75, 3.05) is 31.1 Å². The first-order valence-corrected chi connectivity index (χ1v) is 15.3. The lowest BCUT2D eigenvalue weighted by Crippen LogP contribution is -2.51. The number of hydrogen-bond donors (Lipinski definition) is 4. The van der Waals surface area contributed by atoms with E-state index in [1.54, 1.807) is 40.9 Å². The number of carbonyl (C=O) groups excluding carboxylic acids is 2. The molecule has 0 aliphatic carbocycles. The predicted octanol–water partition coefficient (Wildman–Crippen LogP) is 1.48. The Morgan fingerprint density at radius 1 is 1.07 bits per heavy atom. The molecule has 2 aliphatic rings. The Morgan fingerprint density at radius 2 is 1.73 bits per heavy atom. The molecular formula is C26H31N5O7S2. The lowest BCUT2D eigenvalue weighted by molar-refractivity contribution is -0.142. The smallest absolute Gasteiger partial charge is 0.415 e. The van der Waals surface area contributed by atoms with Gasteiger partial charge < -0.3 is 25.8 Å². The summed E-state index contributed by atoms with van der Waals surface area (Å²) in [6, 6.07) is 9.49. The number of carbonyl (C=O) groups is 3. The van der Waals surface area contributed by atoms with Crippen LogP contribution in [0.15, 0.2) is 53.4 Å². The highest BCUT2D eigenvalue weighted by atomic mass is 32.2. The lowest BCUT2D eigenvalue weighted by atomic mass is 10.1. The molecule has 0 unspecified atom stereocenters. The molecule has 0 bridgehead atoms. The van der Waals surface area contributed by atoms with E-state index in [0.717, 1.165) is 15.8 Å². The normalized spacial score (nSPS) is 18.6. The van der Waals surface area contributed by atoms with Crippen LogP contribution in [-0.2, 0) is 26.0 Å². The fraction of sp³-hybridized carbons (Fsp3) is 0.385. The van der Waals surface area contributed by atoms with Crippen molar-refractivity contribution in [1.82, 2.24) is 14.5 Å². The average molecular weight is 590 g/mol. The zero-order chi connectivity index (χ0) is 28.9. The maximum absolute atomic E-state index is 13.3. The molecule has 12 nitrogen and oxygen atoms in total. The summed E-state index contributed by atoms with van der Waals surface area (Å²) in [5.74, 6) is -0.122. The van der Waals surface area contributed by atoms with E-state index >= 15 is 0 Å². The van der Waals surface area contributed by atoms with Gasteiger partial charge in [-0.3, -0.25) is 10.2 Å². The van der Waals surface area contributed by atoms with Crippen molar-refractivity contribution in [3.8, 4) is 5.75 Å². The topological polar surface area (TPSA) is 183 Å². The number of carboxylic acid groups (broad SMARTS) is 1. The standard InChI is InChI=1S/C26H31N5O7S2/c27-23(28)18-5-9-20(10-6-18)40(36,37)31-11-1-2-22(31)24(32)29-21(25(33)34)16-17-3-7-19(8-4-17)38-26(35)30-12-14-39-15-13-30/h3-10,21-22H,1-2,11-16H2,(H3,27,28)(H,29,32)(H,33,34)/t21-,22-/m0/s1. The summed E-state index contributed by atoms with van der Waals surface area (Å²) in [4.78, 5) is 39.0. The summed E-state index contributed by atoms with van der Waals surface area (Å²) in [5, 5.41) is 19.7. The molecule has 0 aromatic heterocycles. The van der Waals surface area contributed by atoms with Crippen molar-refractivity contribution in [3.05, 3.63) is 59.7 Å². The average Bonchev–Trinajstić information content (AvgIpc) is 3.45.